The summed E-state index contributed by atoms with van der Waals surface area (Å²) in [6.45, 7) is 0. The van der Waals surface area contributed by atoms with Crippen LogP contribution in [0.3, 0.4) is 0 Å². The molecule has 0 saturated heterocycles. The third-order valence-corrected chi connectivity index (χ3v) is 3.74. The van der Waals surface area contributed by atoms with Crippen LogP contribution in [0, 0.1) is 17.5 Å². The summed E-state index contributed by atoms with van der Waals surface area (Å²) >= 11 is 0. The van der Waals surface area contributed by atoms with Gasteiger partial charge in [0, 0.05) is 12.1 Å². The van der Waals surface area contributed by atoms with E-state index >= 15 is 0 Å². The third kappa shape index (κ3) is 1.92. The highest BCUT2D eigenvalue weighted by molar-refractivity contribution is 6.06. The van der Waals surface area contributed by atoms with Crippen LogP contribution in [0.5, 0.6) is 0 Å². The van der Waals surface area contributed by atoms with E-state index in [2.05, 4.69) is 0 Å². The topological polar surface area (TPSA) is 17.1 Å². The van der Waals surface area contributed by atoms with Crippen LogP contribution < -0.4 is 0 Å². The zero-order valence-electron chi connectivity index (χ0n) is 10.5. The maximum atomic E-state index is 13.7. The van der Waals surface area contributed by atoms with E-state index in [-0.39, 0.29) is 0 Å². The predicted octanol–water partition coefficient (Wildman–Crippen LogP) is 4.02. The second-order valence-corrected chi connectivity index (χ2v) is 5.02. The van der Waals surface area contributed by atoms with E-state index in [0.717, 1.165) is 5.56 Å². The first-order chi connectivity index (χ1) is 9.54. The van der Waals surface area contributed by atoms with Gasteiger partial charge in [0.1, 0.15) is 17.5 Å². The minimum atomic E-state index is -1.14. The lowest BCUT2D eigenvalue weighted by Crippen LogP contribution is -2.23. The Labute approximate surface area is 114 Å². The van der Waals surface area contributed by atoms with Crippen molar-refractivity contribution in [1.82, 2.24) is 0 Å². The summed E-state index contributed by atoms with van der Waals surface area (Å²) in [6, 6.07) is 9.98. The summed E-state index contributed by atoms with van der Waals surface area (Å²) in [4.78, 5) is 12.5. The molecule has 1 aliphatic rings. The maximum absolute atomic E-state index is 13.7. The highest BCUT2D eigenvalue weighted by Gasteiger charge is 2.52. The standard InChI is InChI=1S/C16H11F3O/c17-11-8-12(18)14(13(19)9-11)15(20)16(6-7-16)10-4-2-1-3-5-10/h1-5,8-9H,6-7H2. The van der Waals surface area contributed by atoms with Crippen LogP contribution in [0.25, 0.3) is 0 Å². The van der Waals surface area contributed by atoms with Crippen molar-refractivity contribution >= 4 is 5.78 Å². The van der Waals surface area contributed by atoms with E-state index in [9.17, 15) is 18.0 Å². The lowest BCUT2D eigenvalue weighted by atomic mass is 9.87. The molecule has 2 aromatic rings. The van der Waals surface area contributed by atoms with Gasteiger partial charge in [-0.05, 0) is 18.4 Å². The number of Topliss-reactive ketones (excluding diaryl/α,β-unsaturated/α-hetero) is 1. The average molecular weight is 276 g/mol. The molecule has 2 aromatic carbocycles. The summed E-state index contributed by atoms with van der Waals surface area (Å²) in [6.07, 6.45) is 1.10. The summed E-state index contributed by atoms with van der Waals surface area (Å²) in [5.74, 6) is -3.93. The van der Waals surface area contributed by atoms with Gasteiger partial charge in [0.05, 0.1) is 11.0 Å². The number of carbonyl (C=O) groups excluding carboxylic acids is 1. The molecule has 0 unspecified atom stereocenters. The molecule has 1 saturated carbocycles. The molecule has 0 N–H and O–H groups in total. The Balaban J connectivity index is 2.07. The molecule has 0 atom stereocenters. The SMILES string of the molecule is O=C(c1c(F)cc(F)cc1F)C1(c2ccccc2)CC1. The first kappa shape index (κ1) is 12.9. The summed E-state index contributed by atoms with van der Waals surface area (Å²) in [7, 11) is 0. The quantitative estimate of drug-likeness (QED) is 0.774. The molecule has 1 nitrogen and oxygen atoms in total. The number of ketones is 1. The molecule has 0 radical (unpaired) electrons. The van der Waals surface area contributed by atoms with Crippen molar-refractivity contribution in [2.24, 2.45) is 0 Å². The van der Waals surface area contributed by atoms with Gasteiger partial charge in [0.2, 0.25) is 0 Å². The Kier molecular flexibility index (Phi) is 2.89. The molecule has 0 heterocycles. The number of hydrogen-bond donors (Lipinski definition) is 0. The van der Waals surface area contributed by atoms with Crippen molar-refractivity contribution in [1.29, 1.82) is 0 Å². The van der Waals surface area contributed by atoms with Gasteiger partial charge in [-0.15, -0.1) is 0 Å². The van der Waals surface area contributed by atoms with Crippen molar-refractivity contribution in [2.45, 2.75) is 18.3 Å². The van der Waals surface area contributed by atoms with Gasteiger partial charge >= 0.3 is 0 Å². The molecule has 0 amide bonds. The average Bonchev–Trinajstić information content (AvgIpc) is 3.20. The highest BCUT2D eigenvalue weighted by Crippen LogP contribution is 2.50. The smallest absolute Gasteiger partial charge is 0.179 e. The first-order valence-electron chi connectivity index (χ1n) is 6.29. The van der Waals surface area contributed by atoms with Crippen LogP contribution >= 0.6 is 0 Å². The van der Waals surface area contributed by atoms with Crippen molar-refractivity contribution in [2.75, 3.05) is 0 Å². The number of hydrogen-bond acceptors (Lipinski definition) is 1. The summed E-state index contributed by atoms with van der Waals surface area (Å²) < 4.78 is 40.4. The maximum Gasteiger partial charge on any atom is 0.179 e. The third-order valence-electron chi connectivity index (χ3n) is 3.74. The van der Waals surface area contributed by atoms with Crippen LogP contribution in [0.15, 0.2) is 42.5 Å². The molecule has 3 rings (SSSR count). The van der Waals surface area contributed by atoms with Crippen molar-refractivity contribution in [3.05, 3.63) is 71.0 Å². The second-order valence-electron chi connectivity index (χ2n) is 5.02. The van der Waals surface area contributed by atoms with Gasteiger partial charge in [0.15, 0.2) is 5.78 Å². The number of halogens is 3. The minimum absolute atomic E-state index is 0.539. The molecule has 0 aromatic heterocycles. The zero-order chi connectivity index (χ0) is 14.3. The van der Waals surface area contributed by atoms with Crippen LogP contribution in [0.2, 0.25) is 0 Å². The van der Waals surface area contributed by atoms with Gasteiger partial charge < -0.3 is 0 Å². The number of carbonyl (C=O) groups is 1. The van der Waals surface area contributed by atoms with Crippen molar-refractivity contribution < 1.29 is 18.0 Å². The van der Waals surface area contributed by atoms with Crippen molar-refractivity contribution in [3.8, 4) is 0 Å². The van der Waals surface area contributed by atoms with Gasteiger partial charge in [-0.25, -0.2) is 13.2 Å². The lowest BCUT2D eigenvalue weighted by molar-refractivity contribution is 0.0937. The zero-order valence-corrected chi connectivity index (χ0v) is 10.5. The molecule has 0 bridgehead atoms. The van der Waals surface area contributed by atoms with E-state index in [1.807, 2.05) is 6.07 Å². The van der Waals surface area contributed by atoms with E-state index in [1.165, 1.54) is 0 Å². The van der Waals surface area contributed by atoms with Gasteiger partial charge in [-0.1, -0.05) is 30.3 Å². The minimum Gasteiger partial charge on any atom is -0.293 e. The largest absolute Gasteiger partial charge is 0.293 e. The molecular weight excluding hydrogens is 265 g/mol. The Morgan fingerprint density at radius 2 is 1.50 bits per heavy atom. The molecule has 102 valence electrons. The van der Waals surface area contributed by atoms with E-state index in [4.69, 9.17) is 0 Å². The summed E-state index contributed by atoms with van der Waals surface area (Å²) in [5, 5.41) is 0. The Hall–Kier alpha value is -2.10. The molecule has 1 fully saturated rings. The van der Waals surface area contributed by atoms with Gasteiger partial charge in [0.25, 0.3) is 0 Å². The highest BCUT2D eigenvalue weighted by atomic mass is 19.1. The predicted molar refractivity (Wildman–Crippen MR) is 68.0 cm³/mol. The Morgan fingerprint density at radius 3 is 2.00 bits per heavy atom. The van der Waals surface area contributed by atoms with Crippen LogP contribution in [-0.2, 0) is 5.41 Å². The van der Waals surface area contributed by atoms with E-state index in [0.29, 0.717) is 25.0 Å². The monoisotopic (exact) mass is 276 g/mol. The van der Waals surface area contributed by atoms with E-state index < -0.39 is 34.2 Å². The fourth-order valence-corrected chi connectivity index (χ4v) is 2.53. The van der Waals surface area contributed by atoms with Crippen molar-refractivity contribution in [3.63, 3.8) is 0 Å². The Morgan fingerprint density at radius 1 is 0.950 bits per heavy atom. The molecule has 4 heteroatoms. The van der Waals surface area contributed by atoms with Crippen LogP contribution in [0.1, 0.15) is 28.8 Å². The van der Waals surface area contributed by atoms with Crippen LogP contribution in [-0.4, -0.2) is 5.78 Å². The van der Waals surface area contributed by atoms with Gasteiger partial charge in [-0.3, -0.25) is 4.79 Å². The fourth-order valence-electron chi connectivity index (χ4n) is 2.53. The van der Waals surface area contributed by atoms with E-state index in [1.54, 1.807) is 24.3 Å². The van der Waals surface area contributed by atoms with Gasteiger partial charge in [-0.2, -0.15) is 0 Å². The molecular formula is C16H11F3O. The molecule has 0 aliphatic heterocycles. The lowest BCUT2D eigenvalue weighted by Gasteiger charge is -2.15. The number of benzene rings is 2. The molecule has 0 spiro atoms. The summed E-state index contributed by atoms with van der Waals surface area (Å²) in [5.41, 5.74) is -0.762. The van der Waals surface area contributed by atoms with Crippen LogP contribution in [0.4, 0.5) is 13.2 Å². The normalized spacial score (nSPS) is 15.9. The number of rotatable bonds is 3. The second kappa shape index (κ2) is 4.47. The molecule has 20 heavy (non-hydrogen) atoms. The fraction of sp³-hybridized carbons (Fsp3) is 0.188. The first-order valence-corrected chi connectivity index (χ1v) is 6.29. The molecule has 1 aliphatic carbocycles. The Bertz CT molecular complexity index is 652.